The Labute approximate surface area is 119 Å². The SMILES string of the molecule is N#Cc1ccnc(Nc2ccc(Cl)cc2Cl)c1Cl. The predicted molar refractivity (Wildman–Crippen MR) is 73.7 cm³/mol. The lowest BCUT2D eigenvalue weighted by molar-refractivity contribution is 1.29. The van der Waals surface area contributed by atoms with Crippen LogP contribution in [0.1, 0.15) is 5.56 Å². The van der Waals surface area contributed by atoms with Crippen molar-refractivity contribution >= 4 is 46.3 Å². The van der Waals surface area contributed by atoms with E-state index in [0.29, 0.717) is 27.1 Å². The summed E-state index contributed by atoms with van der Waals surface area (Å²) in [5.41, 5.74) is 0.963. The van der Waals surface area contributed by atoms with Crippen molar-refractivity contribution in [3.8, 4) is 6.07 Å². The Bertz CT molecular complexity index is 635. The summed E-state index contributed by atoms with van der Waals surface area (Å²) in [7, 11) is 0. The van der Waals surface area contributed by atoms with Crippen LogP contribution in [0.3, 0.4) is 0 Å². The van der Waals surface area contributed by atoms with Gasteiger partial charge in [-0.25, -0.2) is 4.98 Å². The number of hydrogen-bond acceptors (Lipinski definition) is 3. The fourth-order valence-corrected chi connectivity index (χ4v) is 1.99. The zero-order chi connectivity index (χ0) is 13.1. The summed E-state index contributed by atoms with van der Waals surface area (Å²) < 4.78 is 0. The molecule has 0 amide bonds. The molecule has 0 saturated carbocycles. The first kappa shape index (κ1) is 13.0. The lowest BCUT2D eigenvalue weighted by atomic mass is 10.2. The summed E-state index contributed by atoms with van der Waals surface area (Å²) in [5, 5.41) is 13.1. The van der Waals surface area contributed by atoms with Crippen LogP contribution in [0.25, 0.3) is 0 Å². The Morgan fingerprint density at radius 1 is 1.17 bits per heavy atom. The lowest BCUT2D eigenvalue weighted by Crippen LogP contribution is -1.96. The summed E-state index contributed by atoms with van der Waals surface area (Å²) in [6.07, 6.45) is 1.50. The van der Waals surface area contributed by atoms with Gasteiger partial charge in [0.2, 0.25) is 0 Å². The maximum atomic E-state index is 8.87. The first-order valence-electron chi connectivity index (χ1n) is 4.88. The van der Waals surface area contributed by atoms with Gasteiger partial charge in [-0.2, -0.15) is 5.26 Å². The summed E-state index contributed by atoms with van der Waals surface area (Å²) in [6, 6.07) is 8.52. The molecule has 0 atom stereocenters. The summed E-state index contributed by atoms with van der Waals surface area (Å²) in [6.45, 7) is 0. The van der Waals surface area contributed by atoms with Crippen molar-refractivity contribution in [1.29, 1.82) is 5.26 Å². The van der Waals surface area contributed by atoms with Gasteiger partial charge in [0, 0.05) is 11.2 Å². The predicted octanol–water partition coefficient (Wildman–Crippen LogP) is 4.66. The number of benzene rings is 1. The zero-order valence-corrected chi connectivity index (χ0v) is 11.2. The number of halogens is 3. The van der Waals surface area contributed by atoms with Gasteiger partial charge in [0.1, 0.15) is 11.1 Å². The average Bonchev–Trinajstić information content (AvgIpc) is 2.35. The Morgan fingerprint density at radius 2 is 1.94 bits per heavy atom. The van der Waals surface area contributed by atoms with E-state index in [1.165, 1.54) is 12.3 Å². The quantitative estimate of drug-likeness (QED) is 0.877. The number of hydrogen-bond donors (Lipinski definition) is 1. The number of anilines is 2. The van der Waals surface area contributed by atoms with E-state index >= 15 is 0 Å². The highest BCUT2D eigenvalue weighted by Crippen LogP contribution is 2.31. The van der Waals surface area contributed by atoms with E-state index in [2.05, 4.69) is 10.3 Å². The van der Waals surface area contributed by atoms with Crippen LogP contribution in [0.2, 0.25) is 15.1 Å². The number of aromatic nitrogens is 1. The van der Waals surface area contributed by atoms with Crippen LogP contribution in [0.15, 0.2) is 30.5 Å². The van der Waals surface area contributed by atoms with Crippen LogP contribution >= 0.6 is 34.8 Å². The molecule has 1 aromatic carbocycles. The minimum Gasteiger partial charge on any atom is -0.338 e. The third-order valence-corrected chi connectivity index (χ3v) is 3.12. The van der Waals surface area contributed by atoms with Crippen molar-refractivity contribution in [1.82, 2.24) is 4.98 Å². The summed E-state index contributed by atoms with van der Waals surface area (Å²) in [4.78, 5) is 4.06. The van der Waals surface area contributed by atoms with Gasteiger partial charge in [0.25, 0.3) is 0 Å². The number of rotatable bonds is 2. The number of nitrogens with zero attached hydrogens (tertiary/aromatic N) is 2. The molecule has 18 heavy (non-hydrogen) atoms. The van der Waals surface area contributed by atoms with Gasteiger partial charge in [-0.3, -0.25) is 0 Å². The molecule has 1 aromatic heterocycles. The van der Waals surface area contributed by atoms with E-state index < -0.39 is 0 Å². The highest BCUT2D eigenvalue weighted by atomic mass is 35.5. The average molecular weight is 299 g/mol. The van der Waals surface area contributed by atoms with Gasteiger partial charge in [-0.05, 0) is 24.3 Å². The van der Waals surface area contributed by atoms with E-state index in [4.69, 9.17) is 40.1 Å². The molecule has 3 nitrogen and oxygen atoms in total. The van der Waals surface area contributed by atoms with Gasteiger partial charge in [0.05, 0.1) is 16.3 Å². The van der Waals surface area contributed by atoms with Crippen molar-refractivity contribution in [2.24, 2.45) is 0 Å². The molecule has 0 bridgehead atoms. The van der Waals surface area contributed by atoms with E-state index in [1.54, 1.807) is 18.2 Å². The largest absolute Gasteiger partial charge is 0.338 e. The molecule has 0 aliphatic heterocycles. The van der Waals surface area contributed by atoms with Crippen molar-refractivity contribution in [2.75, 3.05) is 5.32 Å². The molecule has 0 unspecified atom stereocenters. The second-order valence-electron chi connectivity index (χ2n) is 3.38. The Balaban J connectivity index is 2.38. The molecule has 0 radical (unpaired) electrons. The Hall–Kier alpha value is -1.47. The Morgan fingerprint density at radius 3 is 2.61 bits per heavy atom. The molecule has 0 fully saturated rings. The first-order valence-corrected chi connectivity index (χ1v) is 6.02. The van der Waals surface area contributed by atoms with Gasteiger partial charge >= 0.3 is 0 Å². The number of nitriles is 1. The van der Waals surface area contributed by atoms with E-state index in [9.17, 15) is 0 Å². The molecule has 1 heterocycles. The van der Waals surface area contributed by atoms with E-state index in [0.717, 1.165) is 0 Å². The van der Waals surface area contributed by atoms with Crippen molar-refractivity contribution in [3.05, 3.63) is 51.1 Å². The molecule has 1 N–H and O–H groups in total. The second kappa shape index (κ2) is 5.45. The fourth-order valence-electron chi connectivity index (χ4n) is 1.34. The van der Waals surface area contributed by atoms with Crippen LogP contribution in [-0.2, 0) is 0 Å². The van der Waals surface area contributed by atoms with Gasteiger partial charge in [-0.1, -0.05) is 34.8 Å². The maximum absolute atomic E-state index is 8.87. The monoisotopic (exact) mass is 297 g/mol. The molecule has 0 spiro atoms. The maximum Gasteiger partial charge on any atom is 0.150 e. The van der Waals surface area contributed by atoms with Crippen LogP contribution in [0.4, 0.5) is 11.5 Å². The van der Waals surface area contributed by atoms with Gasteiger partial charge < -0.3 is 5.32 Å². The molecular formula is C12H6Cl3N3. The van der Waals surface area contributed by atoms with Crippen molar-refractivity contribution in [2.45, 2.75) is 0 Å². The first-order chi connectivity index (χ1) is 8.61. The van der Waals surface area contributed by atoms with E-state index in [1.807, 2.05) is 6.07 Å². The lowest BCUT2D eigenvalue weighted by Gasteiger charge is -2.09. The zero-order valence-electron chi connectivity index (χ0n) is 8.92. The minimum absolute atomic E-state index is 0.256. The molecule has 90 valence electrons. The summed E-state index contributed by atoms with van der Waals surface area (Å²) in [5.74, 6) is 0.375. The highest BCUT2D eigenvalue weighted by Gasteiger charge is 2.09. The molecule has 0 aliphatic rings. The third-order valence-electron chi connectivity index (χ3n) is 2.19. The van der Waals surface area contributed by atoms with Gasteiger partial charge in [0.15, 0.2) is 5.82 Å². The van der Waals surface area contributed by atoms with Crippen LogP contribution in [0, 0.1) is 11.3 Å². The minimum atomic E-state index is 0.256. The van der Waals surface area contributed by atoms with Crippen LogP contribution in [-0.4, -0.2) is 4.98 Å². The molecule has 6 heteroatoms. The number of nitrogens with one attached hydrogen (secondary N) is 1. The number of pyridine rings is 1. The van der Waals surface area contributed by atoms with Crippen LogP contribution in [0.5, 0.6) is 0 Å². The highest BCUT2D eigenvalue weighted by molar-refractivity contribution is 6.37. The van der Waals surface area contributed by atoms with Crippen molar-refractivity contribution < 1.29 is 0 Å². The molecule has 2 aromatic rings. The fraction of sp³-hybridized carbons (Fsp3) is 0. The molecular weight excluding hydrogens is 293 g/mol. The second-order valence-corrected chi connectivity index (χ2v) is 4.60. The molecule has 0 saturated heterocycles. The summed E-state index contributed by atoms with van der Waals surface area (Å²) >= 11 is 17.9. The standard InChI is InChI=1S/C12H6Cl3N3/c13-8-1-2-10(9(14)5-8)18-12-11(15)7(6-16)3-4-17-12/h1-5H,(H,17,18). The van der Waals surface area contributed by atoms with Crippen molar-refractivity contribution in [3.63, 3.8) is 0 Å². The van der Waals surface area contributed by atoms with Gasteiger partial charge in [-0.15, -0.1) is 0 Å². The normalized spacial score (nSPS) is 9.89. The smallest absolute Gasteiger partial charge is 0.150 e. The van der Waals surface area contributed by atoms with Crippen LogP contribution < -0.4 is 5.32 Å². The topological polar surface area (TPSA) is 48.7 Å². The Kier molecular flexibility index (Phi) is 3.93. The van der Waals surface area contributed by atoms with E-state index in [-0.39, 0.29) is 5.02 Å². The third kappa shape index (κ3) is 2.68. The molecule has 2 rings (SSSR count). The molecule has 0 aliphatic carbocycles.